The quantitative estimate of drug-likeness (QED) is 0.287. The van der Waals surface area contributed by atoms with Crippen LogP contribution in [0.15, 0.2) is 59.8 Å². The molecule has 0 radical (unpaired) electrons. The number of nitrogens with zero attached hydrogens (tertiary/aromatic N) is 4. The second kappa shape index (κ2) is 9.50. The maximum atomic E-state index is 12.7. The second-order valence-corrected chi connectivity index (χ2v) is 15.4. The Bertz CT molecular complexity index is 1740. The zero-order valence-electron chi connectivity index (χ0n) is 27.1. The molecule has 4 bridgehead atoms. The number of benzene rings is 2. The number of piperidine rings is 2. The molecule has 48 heavy (non-hydrogen) atoms. The van der Waals surface area contributed by atoms with E-state index in [1.165, 1.54) is 0 Å². The minimum Gasteiger partial charge on any atom is -0.504 e. The van der Waals surface area contributed by atoms with Crippen LogP contribution in [0, 0.1) is 0 Å². The lowest BCUT2D eigenvalue weighted by atomic mass is 9.48. The normalized spacial score (nSPS) is 41.4. The molecule has 4 fully saturated rings. The molecule has 8 aliphatic rings. The molecule has 10 heteroatoms. The molecule has 0 amide bonds. The van der Waals surface area contributed by atoms with Gasteiger partial charge >= 0.3 is 0 Å². The number of hydrogen-bond donors (Lipinski definition) is 4. The molecule has 4 aliphatic heterocycles. The summed E-state index contributed by atoms with van der Waals surface area (Å²) in [6.45, 7) is 10.9. The van der Waals surface area contributed by atoms with Crippen molar-refractivity contribution >= 4 is 11.4 Å². The average Bonchev–Trinajstić information content (AvgIpc) is 3.61. The van der Waals surface area contributed by atoms with Crippen LogP contribution in [0.1, 0.15) is 60.8 Å². The van der Waals surface area contributed by atoms with Crippen molar-refractivity contribution in [3.05, 3.63) is 71.8 Å². The molecule has 10 nitrogen and oxygen atoms in total. The summed E-state index contributed by atoms with van der Waals surface area (Å²) in [5.74, 6) is 1.11. The lowest BCUT2D eigenvalue weighted by Crippen LogP contribution is -2.76. The second-order valence-electron chi connectivity index (χ2n) is 15.4. The number of hydrogen-bond acceptors (Lipinski definition) is 10. The Morgan fingerprint density at radius 1 is 0.708 bits per heavy atom. The highest BCUT2D eigenvalue weighted by Gasteiger charge is 2.74. The summed E-state index contributed by atoms with van der Waals surface area (Å²) in [7, 11) is 0. The van der Waals surface area contributed by atoms with E-state index < -0.39 is 34.2 Å². The van der Waals surface area contributed by atoms with Crippen molar-refractivity contribution in [1.82, 2.24) is 9.80 Å². The molecule has 4 N–H and O–H groups in total. The Balaban J connectivity index is 1.08. The van der Waals surface area contributed by atoms with Crippen molar-refractivity contribution in [2.24, 2.45) is 10.2 Å². The maximum Gasteiger partial charge on any atom is 0.166 e. The van der Waals surface area contributed by atoms with Crippen LogP contribution < -0.4 is 9.47 Å². The molecule has 250 valence electrons. The van der Waals surface area contributed by atoms with Gasteiger partial charge in [-0.2, -0.15) is 10.2 Å². The third-order valence-corrected chi connectivity index (χ3v) is 13.8. The Hall–Kier alpha value is -3.70. The van der Waals surface area contributed by atoms with Gasteiger partial charge in [0.05, 0.1) is 33.5 Å². The highest BCUT2D eigenvalue weighted by atomic mass is 16.5. The van der Waals surface area contributed by atoms with Gasteiger partial charge in [0.15, 0.2) is 35.2 Å². The standard InChI is InChI=1S/C38H42N4O6/c1-3-15-41-17-13-35-29-21-5-7-25(43)31(29)47-33(35)23(9-11-37(35,45)27(41)19-21)39-40-24-10-12-38(46)28-20-22-6-8-26(44)32-30(22)36(38,34(24)48-32)14-18-42(28)16-4-2/h3-8,27-28,33-34,43-46H,1-2,9-20H2/b39-23-,40-24?/t27?,28?,33-,34-,35+,36+,37-,38-/m1/s1. The Kier molecular flexibility index (Phi) is 5.79. The first kappa shape index (κ1) is 29.2. The van der Waals surface area contributed by atoms with Crippen LogP contribution in [0.25, 0.3) is 0 Å². The van der Waals surface area contributed by atoms with Gasteiger partial charge in [0.25, 0.3) is 0 Å². The van der Waals surface area contributed by atoms with Crippen molar-refractivity contribution in [2.45, 2.75) is 97.7 Å². The fourth-order valence-corrected chi connectivity index (χ4v) is 12.0. The molecule has 2 unspecified atom stereocenters. The Labute approximate surface area is 279 Å². The number of phenols is 2. The highest BCUT2D eigenvalue weighted by Crippen LogP contribution is 2.66. The Morgan fingerprint density at radius 2 is 1.15 bits per heavy atom. The summed E-state index contributed by atoms with van der Waals surface area (Å²) in [6.07, 6.45) is 7.42. The Morgan fingerprint density at radius 3 is 1.56 bits per heavy atom. The highest BCUT2D eigenvalue weighted by molar-refractivity contribution is 5.97. The van der Waals surface area contributed by atoms with E-state index >= 15 is 0 Å². The molecule has 4 heterocycles. The van der Waals surface area contributed by atoms with Crippen LogP contribution in [0.5, 0.6) is 23.0 Å². The van der Waals surface area contributed by atoms with E-state index in [2.05, 4.69) is 23.0 Å². The predicted molar refractivity (Wildman–Crippen MR) is 179 cm³/mol. The summed E-state index contributed by atoms with van der Waals surface area (Å²) in [5.41, 5.74) is 1.99. The fraction of sp³-hybridized carbons (Fsp3) is 0.526. The van der Waals surface area contributed by atoms with Gasteiger partial charge in [0.1, 0.15) is 0 Å². The molecular weight excluding hydrogens is 608 g/mol. The van der Waals surface area contributed by atoms with E-state index in [9.17, 15) is 20.4 Å². The van der Waals surface area contributed by atoms with Crippen molar-refractivity contribution in [3.8, 4) is 23.0 Å². The van der Waals surface area contributed by atoms with Crippen LogP contribution >= 0.6 is 0 Å². The zero-order valence-corrected chi connectivity index (χ0v) is 27.1. The third kappa shape index (κ3) is 3.15. The fourth-order valence-electron chi connectivity index (χ4n) is 12.0. The summed E-state index contributed by atoms with van der Waals surface area (Å²) in [6, 6.07) is 7.18. The number of rotatable bonds is 5. The van der Waals surface area contributed by atoms with Gasteiger partial charge in [0.2, 0.25) is 0 Å². The maximum absolute atomic E-state index is 12.7. The first-order valence-electron chi connectivity index (χ1n) is 17.5. The van der Waals surface area contributed by atoms with Gasteiger partial charge in [0, 0.05) is 49.4 Å². The average molecular weight is 651 g/mol. The van der Waals surface area contributed by atoms with E-state index in [1.54, 1.807) is 12.1 Å². The van der Waals surface area contributed by atoms with Gasteiger partial charge in [-0.15, -0.1) is 13.2 Å². The number of aliphatic hydroxyl groups is 2. The van der Waals surface area contributed by atoms with E-state index in [-0.39, 0.29) is 23.6 Å². The first-order chi connectivity index (χ1) is 23.2. The molecule has 2 saturated carbocycles. The van der Waals surface area contributed by atoms with E-state index in [4.69, 9.17) is 19.7 Å². The van der Waals surface area contributed by atoms with E-state index in [0.717, 1.165) is 46.8 Å². The SMILES string of the molecule is C=CCN1CC[C@]23c4c5ccc(O)c4O[C@@H]2C(=N/N=C2/CC[C@@]4(O)C6Cc7ccc(O)c8c7[C@@]4(CCN6CC=C)[C@@H]2O8)CC[C@@]3(O)C1C5. The minimum absolute atomic E-state index is 0.0885. The van der Waals surface area contributed by atoms with Gasteiger partial charge in [-0.05, 0) is 74.6 Å². The molecule has 2 aromatic rings. The van der Waals surface area contributed by atoms with Crippen molar-refractivity contribution in [2.75, 3.05) is 26.2 Å². The molecule has 2 saturated heterocycles. The summed E-state index contributed by atoms with van der Waals surface area (Å²) >= 11 is 0. The molecular formula is C38H42N4O6. The molecule has 8 atom stereocenters. The molecule has 2 spiro atoms. The van der Waals surface area contributed by atoms with Crippen molar-refractivity contribution < 1.29 is 29.9 Å². The summed E-state index contributed by atoms with van der Waals surface area (Å²) in [4.78, 5) is 4.68. The number of likely N-dealkylation sites (tertiary alicyclic amines) is 2. The molecule has 10 rings (SSSR count). The smallest absolute Gasteiger partial charge is 0.166 e. The molecule has 2 aromatic carbocycles. The summed E-state index contributed by atoms with van der Waals surface area (Å²) < 4.78 is 13.3. The minimum atomic E-state index is -1.06. The van der Waals surface area contributed by atoms with Crippen LogP contribution in [-0.4, -0.2) is 103 Å². The molecule has 4 aliphatic carbocycles. The van der Waals surface area contributed by atoms with Crippen LogP contribution in [0.4, 0.5) is 0 Å². The molecule has 0 aromatic heterocycles. The lowest BCUT2D eigenvalue weighted by molar-refractivity contribution is -0.164. The van der Waals surface area contributed by atoms with Gasteiger partial charge < -0.3 is 29.9 Å². The number of phenolic OH excluding ortho intramolecular Hbond substituents is 2. The van der Waals surface area contributed by atoms with Gasteiger partial charge in [-0.1, -0.05) is 24.3 Å². The monoisotopic (exact) mass is 650 g/mol. The topological polar surface area (TPSA) is 131 Å². The van der Waals surface area contributed by atoms with Crippen LogP contribution in [-0.2, 0) is 23.7 Å². The van der Waals surface area contributed by atoms with Gasteiger partial charge in [-0.25, -0.2) is 0 Å². The van der Waals surface area contributed by atoms with Crippen LogP contribution in [0.3, 0.4) is 0 Å². The summed E-state index contributed by atoms with van der Waals surface area (Å²) in [5, 5.41) is 57.4. The number of ether oxygens (including phenoxy) is 2. The zero-order chi connectivity index (χ0) is 32.8. The lowest BCUT2D eigenvalue weighted by Gasteiger charge is -2.63. The van der Waals surface area contributed by atoms with Gasteiger partial charge in [-0.3, -0.25) is 9.80 Å². The van der Waals surface area contributed by atoms with E-state index in [1.807, 2.05) is 24.3 Å². The van der Waals surface area contributed by atoms with Crippen molar-refractivity contribution in [3.63, 3.8) is 0 Å². The predicted octanol–water partition coefficient (Wildman–Crippen LogP) is 3.28. The first-order valence-corrected chi connectivity index (χ1v) is 17.5. The number of aromatic hydroxyl groups is 2. The third-order valence-electron chi connectivity index (χ3n) is 13.8. The largest absolute Gasteiger partial charge is 0.504 e. The van der Waals surface area contributed by atoms with Crippen LogP contribution in [0.2, 0.25) is 0 Å². The van der Waals surface area contributed by atoms with Crippen molar-refractivity contribution in [1.29, 1.82) is 0 Å². The van der Waals surface area contributed by atoms with E-state index in [0.29, 0.717) is 76.0 Å².